The van der Waals surface area contributed by atoms with Gasteiger partial charge < -0.3 is 10.5 Å². The number of ether oxygens (including phenoxy) is 1. The summed E-state index contributed by atoms with van der Waals surface area (Å²) < 4.78 is 5.08. The second kappa shape index (κ2) is 7.07. The molecule has 21 heavy (non-hydrogen) atoms. The van der Waals surface area contributed by atoms with Crippen LogP contribution in [0.3, 0.4) is 0 Å². The smallest absolute Gasteiger partial charge is 0.325 e. The third kappa shape index (κ3) is 4.18. The Labute approximate surface area is 128 Å². The molecule has 5 heteroatoms. The maximum Gasteiger partial charge on any atom is 0.325 e. The normalized spacial score (nSPS) is 28.5. The summed E-state index contributed by atoms with van der Waals surface area (Å²) in [6.07, 6.45) is 4.58. The number of hydrogen-bond acceptors (Lipinski definition) is 5. The molecule has 2 saturated heterocycles. The van der Waals surface area contributed by atoms with Crippen LogP contribution in [0.25, 0.3) is 0 Å². The summed E-state index contributed by atoms with van der Waals surface area (Å²) in [5, 5.41) is 0. The molecule has 2 fully saturated rings. The Kier molecular flexibility index (Phi) is 5.63. The molecule has 0 radical (unpaired) electrons. The van der Waals surface area contributed by atoms with Gasteiger partial charge in [0, 0.05) is 25.2 Å². The highest BCUT2D eigenvalue weighted by atomic mass is 16.5. The van der Waals surface area contributed by atoms with E-state index >= 15 is 0 Å². The van der Waals surface area contributed by atoms with Crippen molar-refractivity contribution in [1.29, 1.82) is 0 Å². The second-order valence-corrected chi connectivity index (χ2v) is 6.87. The molecule has 2 aliphatic rings. The number of esters is 1. The average Bonchev–Trinajstić information content (AvgIpc) is 3.09. The van der Waals surface area contributed by atoms with Crippen molar-refractivity contribution < 1.29 is 9.53 Å². The first-order valence-corrected chi connectivity index (χ1v) is 8.38. The average molecular weight is 297 g/mol. The highest BCUT2D eigenvalue weighted by molar-refractivity contribution is 5.80. The van der Waals surface area contributed by atoms with Gasteiger partial charge in [-0.05, 0) is 59.5 Å². The molecular weight excluding hydrogens is 266 g/mol. The predicted molar refractivity (Wildman–Crippen MR) is 84.1 cm³/mol. The van der Waals surface area contributed by atoms with Crippen LogP contribution in [0.5, 0.6) is 0 Å². The second-order valence-electron chi connectivity index (χ2n) is 6.87. The van der Waals surface area contributed by atoms with Crippen LogP contribution >= 0.6 is 0 Å². The van der Waals surface area contributed by atoms with Gasteiger partial charge in [0.1, 0.15) is 5.54 Å². The van der Waals surface area contributed by atoms with Crippen molar-refractivity contribution in [2.24, 2.45) is 5.73 Å². The van der Waals surface area contributed by atoms with Crippen LogP contribution in [0.1, 0.15) is 46.5 Å². The minimum absolute atomic E-state index is 0.285. The van der Waals surface area contributed by atoms with Crippen molar-refractivity contribution in [1.82, 2.24) is 9.80 Å². The van der Waals surface area contributed by atoms with E-state index in [0.29, 0.717) is 25.1 Å². The SMILES string of the molecule is CCOC(=O)C(C)(N)CC(C)N1CCC(N2CCCC2)C1. The lowest BCUT2D eigenvalue weighted by atomic mass is 9.94. The van der Waals surface area contributed by atoms with Crippen molar-refractivity contribution in [2.75, 3.05) is 32.8 Å². The molecule has 0 saturated carbocycles. The first-order chi connectivity index (χ1) is 9.94. The topological polar surface area (TPSA) is 58.8 Å². The number of carbonyl (C=O) groups is 1. The van der Waals surface area contributed by atoms with Gasteiger partial charge in [-0.2, -0.15) is 0 Å². The quantitative estimate of drug-likeness (QED) is 0.747. The highest BCUT2D eigenvalue weighted by Crippen LogP contribution is 2.24. The third-order valence-corrected chi connectivity index (χ3v) is 4.94. The van der Waals surface area contributed by atoms with Gasteiger partial charge in [-0.1, -0.05) is 0 Å². The highest BCUT2D eigenvalue weighted by Gasteiger charge is 2.36. The van der Waals surface area contributed by atoms with Gasteiger partial charge in [0.15, 0.2) is 0 Å². The molecule has 2 N–H and O–H groups in total. The minimum atomic E-state index is -0.888. The number of nitrogens with zero attached hydrogens (tertiary/aromatic N) is 2. The van der Waals surface area contributed by atoms with Crippen molar-refractivity contribution in [2.45, 2.75) is 64.1 Å². The standard InChI is InChI=1S/C16H31N3O2/c1-4-21-15(20)16(3,17)11-13(2)19-10-7-14(12-19)18-8-5-6-9-18/h13-14H,4-12,17H2,1-3H3. The Balaban J connectivity index is 1.83. The Morgan fingerprint density at radius 2 is 2.05 bits per heavy atom. The number of carbonyl (C=O) groups excluding carboxylic acids is 1. The summed E-state index contributed by atoms with van der Waals surface area (Å²) in [6, 6.07) is 1.01. The fraction of sp³-hybridized carbons (Fsp3) is 0.938. The summed E-state index contributed by atoms with van der Waals surface area (Å²) in [4.78, 5) is 17.0. The van der Waals surface area contributed by atoms with Crippen molar-refractivity contribution in [3.05, 3.63) is 0 Å². The van der Waals surface area contributed by atoms with E-state index < -0.39 is 5.54 Å². The minimum Gasteiger partial charge on any atom is -0.465 e. The van der Waals surface area contributed by atoms with Crippen LogP contribution in [0, 0.1) is 0 Å². The first kappa shape index (κ1) is 16.7. The van der Waals surface area contributed by atoms with E-state index in [2.05, 4.69) is 16.7 Å². The van der Waals surface area contributed by atoms with Crippen LogP contribution < -0.4 is 5.73 Å². The lowest BCUT2D eigenvalue weighted by Crippen LogP contribution is -2.51. The van der Waals surface area contributed by atoms with Crippen LogP contribution in [0.15, 0.2) is 0 Å². The molecule has 0 aliphatic carbocycles. The van der Waals surface area contributed by atoms with Crippen molar-refractivity contribution >= 4 is 5.97 Å². The van der Waals surface area contributed by atoms with Crippen molar-refractivity contribution in [3.63, 3.8) is 0 Å². The largest absolute Gasteiger partial charge is 0.465 e. The van der Waals surface area contributed by atoms with E-state index in [4.69, 9.17) is 10.5 Å². The lowest BCUT2D eigenvalue weighted by molar-refractivity contribution is -0.149. The Morgan fingerprint density at radius 1 is 1.38 bits per heavy atom. The molecule has 0 aromatic heterocycles. The van der Waals surface area contributed by atoms with Gasteiger partial charge in [-0.15, -0.1) is 0 Å². The molecule has 2 aliphatic heterocycles. The van der Waals surface area contributed by atoms with Crippen LogP contribution in [-0.4, -0.2) is 66.2 Å². The van der Waals surface area contributed by atoms with Crippen molar-refractivity contribution in [3.8, 4) is 0 Å². The molecule has 3 unspecified atom stereocenters. The molecule has 2 heterocycles. The Bertz CT molecular complexity index is 353. The van der Waals surface area contributed by atoms with E-state index in [1.54, 1.807) is 6.92 Å². The van der Waals surface area contributed by atoms with E-state index in [9.17, 15) is 4.79 Å². The fourth-order valence-corrected chi connectivity index (χ4v) is 3.70. The van der Waals surface area contributed by atoms with Gasteiger partial charge in [-0.3, -0.25) is 14.6 Å². The molecule has 122 valence electrons. The number of nitrogens with two attached hydrogens (primary N) is 1. The van der Waals surface area contributed by atoms with E-state index in [0.717, 1.165) is 13.1 Å². The number of hydrogen-bond donors (Lipinski definition) is 1. The Hall–Kier alpha value is -0.650. The summed E-state index contributed by atoms with van der Waals surface area (Å²) in [6.45, 7) is 10.9. The first-order valence-electron chi connectivity index (χ1n) is 8.38. The monoisotopic (exact) mass is 297 g/mol. The van der Waals surface area contributed by atoms with Crippen LogP contribution in [0.4, 0.5) is 0 Å². The molecule has 0 spiro atoms. The number of rotatable bonds is 6. The summed E-state index contributed by atoms with van der Waals surface area (Å²) in [5.41, 5.74) is 5.27. The van der Waals surface area contributed by atoms with E-state index in [1.165, 1.54) is 32.4 Å². The van der Waals surface area contributed by atoms with Crippen LogP contribution in [-0.2, 0) is 9.53 Å². The molecule has 0 aromatic rings. The molecule has 3 atom stereocenters. The van der Waals surface area contributed by atoms with E-state index in [-0.39, 0.29) is 5.97 Å². The van der Waals surface area contributed by atoms with Gasteiger partial charge in [0.05, 0.1) is 6.61 Å². The van der Waals surface area contributed by atoms with Gasteiger partial charge in [0.25, 0.3) is 0 Å². The zero-order chi connectivity index (χ0) is 15.5. The molecule has 2 rings (SSSR count). The summed E-state index contributed by atoms with van der Waals surface area (Å²) in [7, 11) is 0. The molecule has 0 amide bonds. The van der Waals surface area contributed by atoms with Gasteiger partial charge >= 0.3 is 5.97 Å². The predicted octanol–water partition coefficient (Wildman–Crippen LogP) is 1.22. The van der Waals surface area contributed by atoms with Gasteiger partial charge in [0.2, 0.25) is 0 Å². The van der Waals surface area contributed by atoms with Crippen LogP contribution in [0.2, 0.25) is 0 Å². The number of likely N-dealkylation sites (tertiary alicyclic amines) is 2. The molecular formula is C16H31N3O2. The molecule has 0 aromatic carbocycles. The fourth-order valence-electron chi connectivity index (χ4n) is 3.70. The van der Waals surface area contributed by atoms with E-state index in [1.807, 2.05) is 6.92 Å². The lowest BCUT2D eigenvalue weighted by Gasteiger charge is -2.32. The maximum atomic E-state index is 11.9. The maximum absolute atomic E-state index is 11.9. The zero-order valence-corrected chi connectivity index (χ0v) is 13.8. The molecule has 0 bridgehead atoms. The third-order valence-electron chi connectivity index (χ3n) is 4.94. The summed E-state index contributed by atoms with van der Waals surface area (Å²) in [5.74, 6) is -0.285. The summed E-state index contributed by atoms with van der Waals surface area (Å²) >= 11 is 0. The van der Waals surface area contributed by atoms with Gasteiger partial charge in [-0.25, -0.2) is 0 Å². The Morgan fingerprint density at radius 3 is 2.67 bits per heavy atom. The zero-order valence-electron chi connectivity index (χ0n) is 13.8. The molecule has 5 nitrogen and oxygen atoms in total.